The van der Waals surface area contributed by atoms with E-state index in [1.165, 1.54) is 0 Å². The summed E-state index contributed by atoms with van der Waals surface area (Å²) in [6, 6.07) is 0. The quantitative estimate of drug-likeness (QED) is 0.685. The van der Waals surface area contributed by atoms with Crippen molar-refractivity contribution < 1.29 is 30.7 Å². The molecule has 0 amide bonds. The molecule has 0 fully saturated rings. The fraction of sp³-hybridized carbons (Fsp3) is 1.00. The minimum atomic E-state index is -2.70. The van der Waals surface area contributed by atoms with E-state index in [1.807, 2.05) is 13.8 Å². The first-order chi connectivity index (χ1) is 4.12. The Balaban J connectivity index is 0. The predicted molar refractivity (Wildman–Crippen MR) is 37.1 cm³/mol. The molecule has 0 aromatic rings. The molecule has 5 heteroatoms. The Morgan fingerprint density at radius 3 is 1.70 bits per heavy atom. The van der Waals surface area contributed by atoms with E-state index in [9.17, 15) is 4.80 Å². The van der Waals surface area contributed by atoms with Crippen molar-refractivity contribution in [3.63, 3.8) is 0 Å². The van der Waals surface area contributed by atoms with Gasteiger partial charge in [0.15, 0.2) is 0 Å². The summed E-state index contributed by atoms with van der Waals surface area (Å²) in [6.45, 7) is 6.30. The molecule has 0 saturated heterocycles. The van der Waals surface area contributed by atoms with E-state index in [0.717, 1.165) is 0 Å². The summed E-state index contributed by atoms with van der Waals surface area (Å²) in [5.41, 5.74) is 0. The molecular weight excluding hydrogens is 192 g/mol. The molecule has 0 atom stereocenters. The summed E-state index contributed by atoms with van der Waals surface area (Å²) in [5, 5.41) is 0. The normalized spacial score (nSPS) is 10.8. The van der Waals surface area contributed by atoms with E-state index in [1.54, 1.807) is 6.55 Å². The third-order valence-electron chi connectivity index (χ3n) is 0.824. The van der Waals surface area contributed by atoms with E-state index in [4.69, 9.17) is 8.85 Å². The van der Waals surface area contributed by atoms with Gasteiger partial charge in [-0.2, -0.15) is 0 Å². The van der Waals surface area contributed by atoms with E-state index in [0.29, 0.717) is 13.2 Å². The zero-order chi connectivity index (χ0) is 7.33. The van der Waals surface area contributed by atoms with Crippen molar-refractivity contribution in [1.82, 2.24) is 0 Å². The molecule has 0 aliphatic heterocycles. The molecule has 64 valence electrons. The molecule has 3 nitrogen and oxygen atoms in total. The Hall–Kier alpha value is 0.616. The van der Waals surface area contributed by atoms with Gasteiger partial charge in [-0.05, 0) is 13.8 Å². The van der Waals surface area contributed by atoms with Crippen LogP contribution in [-0.4, -0.2) is 26.8 Å². The Morgan fingerprint density at radius 1 is 1.20 bits per heavy atom. The van der Waals surface area contributed by atoms with Gasteiger partial charge >= 0.3 is 8.80 Å². The van der Waals surface area contributed by atoms with Crippen LogP contribution in [0.4, 0.5) is 0 Å². The SMILES string of the molecule is CCO[Si](C)(O)OCC.[Fe]. The molecule has 0 radical (unpaired) electrons. The summed E-state index contributed by atoms with van der Waals surface area (Å²) in [5.74, 6) is 0. The molecule has 0 unspecified atom stereocenters. The Morgan fingerprint density at radius 2 is 1.50 bits per heavy atom. The molecule has 0 bridgehead atoms. The second-order valence-electron chi connectivity index (χ2n) is 1.76. The average Bonchev–Trinajstić information content (AvgIpc) is 1.64. The average molecular weight is 206 g/mol. The summed E-state index contributed by atoms with van der Waals surface area (Å²) in [7, 11) is -2.70. The smallest absolute Gasteiger partial charge is 0.390 e. The van der Waals surface area contributed by atoms with Crippen molar-refractivity contribution in [1.29, 1.82) is 0 Å². The van der Waals surface area contributed by atoms with Crippen molar-refractivity contribution in [3.8, 4) is 0 Å². The van der Waals surface area contributed by atoms with Gasteiger partial charge in [-0.15, -0.1) is 0 Å². The van der Waals surface area contributed by atoms with Gasteiger partial charge in [-0.1, -0.05) is 0 Å². The molecule has 10 heavy (non-hydrogen) atoms. The first kappa shape index (κ1) is 13.2. The minimum absolute atomic E-state index is 0. The predicted octanol–water partition coefficient (Wildman–Crippen LogP) is 0.618. The van der Waals surface area contributed by atoms with Gasteiger partial charge in [0.25, 0.3) is 0 Å². The van der Waals surface area contributed by atoms with Crippen LogP contribution >= 0.6 is 0 Å². The second-order valence-corrected chi connectivity index (χ2v) is 4.14. The molecule has 0 rings (SSSR count). The third-order valence-corrected chi connectivity index (χ3v) is 2.47. The number of hydrogen-bond acceptors (Lipinski definition) is 3. The van der Waals surface area contributed by atoms with E-state index in [-0.39, 0.29) is 17.1 Å². The summed E-state index contributed by atoms with van der Waals surface area (Å²) < 4.78 is 9.88. The minimum Gasteiger partial charge on any atom is -0.390 e. The van der Waals surface area contributed by atoms with Crippen molar-refractivity contribution in [2.45, 2.75) is 20.4 Å². The first-order valence-electron chi connectivity index (χ1n) is 3.12. The van der Waals surface area contributed by atoms with Gasteiger partial charge in [-0.3, -0.25) is 0 Å². The Kier molecular flexibility index (Phi) is 8.38. The van der Waals surface area contributed by atoms with Crippen LogP contribution in [0.3, 0.4) is 0 Å². The summed E-state index contributed by atoms with van der Waals surface area (Å²) in [4.78, 5) is 9.21. The van der Waals surface area contributed by atoms with E-state index >= 15 is 0 Å². The van der Waals surface area contributed by atoms with Crippen molar-refractivity contribution >= 4 is 8.80 Å². The maximum absolute atomic E-state index is 9.21. The van der Waals surface area contributed by atoms with Gasteiger partial charge in [0.2, 0.25) is 0 Å². The molecule has 0 aliphatic carbocycles. The van der Waals surface area contributed by atoms with Crippen LogP contribution in [0.25, 0.3) is 0 Å². The maximum atomic E-state index is 9.21. The Bertz CT molecular complexity index is 71.3. The zero-order valence-corrected chi connectivity index (χ0v) is 8.64. The van der Waals surface area contributed by atoms with Crippen molar-refractivity contribution in [3.05, 3.63) is 0 Å². The molecule has 0 aromatic heterocycles. The van der Waals surface area contributed by atoms with Crippen LogP contribution in [0.2, 0.25) is 6.55 Å². The maximum Gasteiger partial charge on any atom is 0.494 e. The van der Waals surface area contributed by atoms with Gasteiger partial charge in [0.05, 0.1) is 0 Å². The van der Waals surface area contributed by atoms with Crippen molar-refractivity contribution in [2.75, 3.05) is 13.2 Å². The number of hydrogen-bond donors (Lipinski definition) is 1. The topological polar surface area (TPSA) is 38.7 Å². The largest absolute Gasteiger partial charge is 0.494 e. The fourth-order valence-corrected chi connectivity index (χ4v) is 1.73. The molecule has 0 heterocycles. The standard InChI is InChI=1S/C5H14O3Si.Fe/c1-4-7-9(3,6)8-5-2;/h6H,4-5H2,1-3H3;. The van der Waals surface area contributed by atoms with Crippen molar-refractivity contribution in [2.24, 2.45) is 0 Å². The first-order valence-corrected chi connectivity index (χ1v) is 5.39. The molecule has 1 N–H and O–H groups in total. The third kappa shape index (κ3) is 6.73. The summed E-state index contributed by atoms with van der Waals surface area (Å²) >= 11 is 0. The van der Waals surface area contributed by atoms with Gasteiger partial charge in [0, 0.05) is 36.8 Å². The summed E-state index contributed by atoms with van der Waals surface area (Å²) in [6.07, 6.45) is 0. The fourth-order valence-electron chi connectivity index (χ4n) is 0.577. The van der Waals surface area contributed by atoms with Gasteiger partial charge < -0.3 is 13.6 Å². The molecular formula is C5H14FeO3Si. The molecule has 0 spiro atoms. The van der Waals surface area contributed by atoms with Crippen LogP contribution in [0.15, 0.2) is 0 Å². The van der Waals surface area contributed by atoms with E-state index in [2.05, 4.69) is 0 Å². The zero-order valence-electron chi connectivity index (χ0n) is 6.53. The molecule has 0 aromatic carbocycles. The van der Waals surface area contributed by atoms with E-state index < -0.39 is 8.80 Å². The molecule has 0 aliphatic rings. The monoisotopic (exact) mass is 206 g/mol. The van der Waals surface area contributed by atoms with Gasteiger partial charge in [0.1, 0.15) is 0 Å². The van der Waals surface area contributed by atoms with Crippen LogP contribution in [-0.2, 0) is 25.9 Å². The Labute approximate surface area is 73.6 Å². The second kappa shape index (κ2) is 6.33. The van der Waals surface area contributed by atoms with Crippen LogP contribution in [0.5, 0.6) is 0 Å². The van der Waals surface area contributed by atoms with Crippen LogP contribution in [0, 0.1) is 0 Å². The number of rotatable bonds is 4. The van der Waals surface area contributed by atoms with Crippen LogP contribution in [0.1, 0.15) is 13.8 Å². The molecule has 0 saturated carbocycles. The van der Waals surface area contributed by atoms with Gasteiger partial charge in [-0.25, -0.2) is 0 Å². The van der Waals surface area contributed by atoms with Crippen LogP contribution < -0.4 is 0 Å².